The number of nitrogens with two attached hydrogens (primary N) is 1. The van der Waals surface area contributed by atoms with Crippen LogP contribution < -0.4 is 5.73 Å². The molecule has 0 radical (unpaired) electrons. The lowest BCUT2D eigenvalue weighted by Gasteiger charge is -2.10. The Morgan fingerprint density at radius 3 is 2.64 bits per heavy atom. The molecular formula is C9H11FN2OS. The fraction of sp³-hybridized carbons (Fsp3) is 0.222. The third-order valence-corrected chi connectivity index (χ3v) is 2.73. The smallest absolute Gasteiger partial charge is 0.286 e. The topological polar surface area (TPSA) is 46.3 Å². The zero-order valence-electron chi connectivity index (χ0n) is 7.95. The number of benzene rings is 1. The Morgan fingerprint density at radius 1 is 1.50 bits per heavy atom. The minimum Gasteiger partial charge on any atom is -0.398 e. The fourth-order valence-electron chi connectivity index (χ4n) is 0.812. The Bertz CT molecular complexity index is 334. The van der Waals surface area contributed by atoms with E-state index in [1.807, 2.05) is 0 Å². The van der Waals surface area contributed by atoms with Crippen molar-refractivity contribution in [3.8, 4) is 0 Å². The molecule has 14 heavy (non-hydrogen) atoms. The largest absolute Gasteiger partial charge is 0.398 e. The SMILES string of the molecule is CN(C)C(=O)Sc1c(N)cccc1F. The lowest BCUT2D eigenvalue weighted by atomic mass is 10.3. The highest BCUT2D eigenvalue weighted by Gasteiger charge is 2.13. The number of halogens is 1. The van der Waals surface area contributed by atoms with Crippen molar-refractivity contribution in [1.29, 1.82) is 0 Å². The van der Waals surface area contributed by atoms with Crippen molar-refractivity contribution in [2.45, 2.75) is 4.90 Å². The average molecular weight is 214 g/mol. The molecule has 1 aromatic carbocycles. The lowest BCUT2D eigenvalue weighted by molar-refractivity contribution is 0.241. The second kappa shape index (κ2) is 4.32. The predicted molar refractivity (Wildman–Crippen MR) is 55.8 cm³/mol. The Morgan fingerprint density at radius 2 is 2.14 bits per heavy atom. The molecule has 0 aliphatic carbocycles. The van der Waals surface area contributed by atoms with Crippen molar-refractivity contribution in [2.24, 2.45) is 0 Å². The summed E-state index contributed by atoms with van der Waals surface area (Å²) in [5.41, 5.74) is 5.82. The number of hydrogen-bond acceptors (Lipinski definition) is 3. The maximum Gasteiger partial charge on any atom is 0.286 e. The predicted octanol–water partition coefficient (Wildman–Crippen LogP) is 2.18. The van der Waals surface area contributed by atoms with Crippen molar-refractivity contribution in [3.63, 3.8) is 0 Å². The molecule has 0 fully saturated rings. The highest BCUT2D eigenvalue weighted by molar-refractivity contribution is 8.13. The summed E-state index contributed by atoms with van der Waals surface area (Å²) in [6, 6.07) is 4.35. The molecule has 0 aliphatic heterocycles. The van der Waals surface area contributed by atoms with Gasteiger partial charge in [-0.05, 0) is 23.9 Å². The van der Waals surface area contributed by atoms with Gasteiger partial charge in [-0.2, -0.15) is 0 Å². The van der Waals surface area contributed by atoms with Gasteiger partial charge in [0.1, 0.15) is 5.82 Å². The maximum atomic E-state index is 13.2. The molecule has 0 saturated heterocycles. The van der Waals surface area contributed by atoms with Crippen LogP contribution in [0.1, 0.15) is 0 Å². The summed E-state index contributed by atoms with van der Waals surface area (Å²) in [7, 11) is 3.21. The van der Waals surface area contributed by atoms with Gasteiger partial charge in [0.05, 0.1) is 4.90 Å². The van der Waals surface area contributed by atoms with E-state index < -0.39 is 5.82 Å². The number of rotatable bonds is 1. The molecule has 0 saturated carbocycles. The summed E-state index contributed by atoms with van der Waals surface area (Å²) in [5, 5.41) is -0.248. The zero-order valence-corrected chi connectivity index (χ0v) is 8.77. The molecule has 0 spiro atoms. The van der Waals surface area contributed by atoms with E-state index in [4.69, 9.17) is 5.73 Å². The number of nitrogen functional groups attached to an aromatic ring is 1. The van der Waals surface area contributed by atoms with Crippen molar-refractivity contribution >= 4 is 22.7 Å². The highest BCUT2D eigenvalue weighted by atomic mass is 32.2. The Labute approximate surface area is 86.1 Å². The Hall–Kier alpha value is -1.23. The summed E-state index contributed by atoms with van der Waals surface area (Å²) in [4.78, 5) is 12.8. The van der Waals surface area contributed by atoms with Gasteiger partial charge in [-0.1, -0.05) is 6.07 Å². The molecule has 3 nitrogen and oxygen atoms in total. The van der Waals surface area contributed by atoms with Crippen molar-refractivity contribution in [2.75, 3.05) is 19.8 Å². The van der Waals surface area contributed by atoms with Gasteiger partial charge in [0.2, 0.25) is 0 Å². The van der Waals surface area contributed by atoms with Crippen LogP contribution in [0.15, 0.2) is 23.1 Å². The molecule has 76 valence electrons. The summed E-state index contributed by atoms with van der Waals surface area (Å²) in [6.07, 6.45) is 0. The molecular weight excluding hydrogens is 203 g/mol. The van der Waals surface area contributed by atoms with Gasteiger partial charge >= 0.3 is 0 Å². The molecule has 0 heterocycles. The maximum absolute atomic E-state index is 13.2. The normalized spacial score (nSPS) is 9.93. The van der Waals surface area contributed by atoms with Crippen LogP contribution in [0.3, 0.4) is 0 Å². The molecule has 0 aliphatic rings. The van der Waals surface area contributed by atoms with Crippen molar-refractivity contribution < 1.29 is 9.18 Å². The van der Waals surface area contributed by atoms with E-state index >= 15 is 0 Å². The first-order valence-electron chi connectivity index (χ1n) is 3.95. The van der Waals surface area contributed by atoms with Crippen molar-refractivity contribution in [1.82, 2.24) is 4.90 Å². The number of nitrogens with zero attached hydrogens (tertiary/aromatic N) is 1. The second-order valence-corrected chi connectivity index (χ2v) is 3.88. The average Bonchev–Trinajstić information content (AvgIpc) is 2.11. The van der Waals surface area contributed by atoms with E-state index in [-0.39, 0.29) is 15.8 Å². The van der Waals surface area contributed by atoms with Crippen LogP contribution in [0.5, 0.6) is 0 Å². The van der Waals surface area contributed by atoms with Crippen molar-refractivity contribution in [3.05, 3.63) is 24.0 Å². The zero-order chi connectivity index (χ0) is 10.7. The van der Waals surface area contributed by atoms with E-state index in [1.165, 1.54) is 17.0 Å². The molecule has 0 bridgehead atoms. The summed E-state index contributed by atoms with van der Waals surface area (Å²) in [6.45, 7) is 0. The first-order chi connectivity index (χ1) is 6.52. The quantitative estimate of drug-likeness (QED) is 0.575. The first-order valence-corrected chi connectivity index (χ1v) is 4.77. The molecule has 1 amide bonds. The molecule has 0 unspecified atom stereocenters. The van der Waals surface area contributed by atoms with Crippen LogP contribution in [0.4, 0.5) is 14.9 Å². The summed E-state index contributed by atoms with van der Waals surface area (Å²) in [5.74, 6) is -0.467. The summed E-state index contributed by atoms with van der Waals surface area (Å²) < 4.78 is 13.2. The van der Waals surface area contributed by atoms with Gasteiger partial charge in [0.25, 0.3) is 5.24 Å². The van der Waals surface area contributed by atoms with Crippen LogP contribution in [0.25, 0.3) is 0 Å². The van der Waals surface area contributed by atoms with Gasteiger partial charge in [-0.3, -0.25) is 4.79 Å². The number of anilines is 1. The monoisotopic (exact) mass is 214 g/mol. The van der Waals surface area contributed by atoms with E-state index in [0.29, 0.717) is 0 Å². The number of carbonyl (C=O) groups excluding carboxylic acids is 1. The molecule has 0 aromatic heterocycles. The number of amides is 1. The molecule has 1 aromatic rings. The Balaban J connectivity index is 2.91. The van der Waals surface area contributed by atoms with E-state index in [1.54, 1.807) is 20.2 Å². The van der Waals surface area contributed by atoms with Crippen LogP contribution in [0.2, 0.25) is 0 Å². The molecule has 0 atom stereocenters. The van der Waals surface area contributed by atoms with E-state index in [0.717, 1.165) is 11.8 Å². The number of thioether (sulfide) groups is 1. The van der Waals surface area contributed by atoms with E-state index in [9.17, 15) is 9.18 Å². The third kappa shape index (κ3) is 2.38. The lowest BCUT2D eigenvalue weighted by Crippen LogP contribution is -2.16. The van der Waals surface area contributed by atoms with Gasteiger partial charge in [0.15, 0.2) is 0 Å². The highest BCUT2D eigenvalue weighted by Crippen LogP contribution is 2.29. The standard InChI is InChI=1S/C9H11FN2OS/c1-12(2)9(13)14-8-6(10)4-3-5-7(8)11/h3-5H,11H2,1-2H3. The third-order valence-electron chi connectivity index (χ3n) is 1.55. The fourth-order valence-corrected chi connectivity index (χ4v) is 1.52. The molecule has 2 N–H and O–H groups in total. The van der Waals surface area contributed by atoms with Gasteiger partial charge in [0, 0.05) is 19.8 Å². The first kappa shape index (κ1) is 10.8. The number of hydrogen-bond donors (Lipinski definition) is 1. The van der Waals surface area contributed by atoms with Gasteiger partial charge < -0.3 is 10.6 Å². The number of carbonyl (C=O) groups is 1. The minimum absolute atomic E-state index is 0.186. The summed E-state index contributed by atoms with van der Waals surface area (Å²) >= 11 is 0.792. The van der Waals surface area contributed by atoms with E-state index in [2.05, 4.69) is 0 Å². The van der Waals surface area contributed by atoms with Crippen LogP contribution in [-0.2, 0) is 0 Å². The van der Waals surface area contributed by atoms with Crippen LogP contribution in [-0.4, -0.2) is 24.2 Å². The molecule has 5 heteroatoms. The second-order valence-electron chi connectivity index (χ2n) is 2.92. The van der Waals surface area contributed by atoms with Gasteiger partial charge in [-0.15, -0.1) is 0 Å². The van der Waals surface area contributed by atoms with Crippen LogP contribution in [0, 0.1) is 5.82 Å². The Kier molecular flexibility index (Phi) is 3.35. The van der Waals surface area contributed by atoms with Crippen LogP contribution >= 0.6 is 11.8 Å². The van der Waals surface area contributed by atoms with Gasteiger partial charge in [-0.25, -0.2) is 4.39 Å². The molecule has 1 rings (SSSR count). The minimum atomic E-state index is -0.467.